The Hall–Kier alpha value is -2.29. The maximum absolute atomic E-state index is 13.1. The average molecular weight is 479 g/mol. The normalized spacial score (nSPS) is 18.7. The van der Waals surface area contributed by atoms with E-state index in [0.717, 1.165) is 6.42 Å². The molecule has 7 nitrogen and oxygen atoms in total. The maximum Gasteiger partial charge on any atom is 0.257 e. The smallest absolute Gasteiger partial charge is 0.257 e. The molecule has 9 heteroatoms. The maximum atomic E-state index is 13.1. The number of nitrogens with zero attached hydrogens (tertiary/aromatic N) is 2. The van der Waals surface area contributed by atoms with Gasteiger partial charge in [-0.25, -0.2) is 8.42 Å². The summed E-state index contributed by atoms with van der Waals surface area (Å²) in [4.78, 5) is 15.2. The summed E-state index contributed by atoms with van der Waals surface area (Å²) in [6.45, 7) is 2.11. The lowest BCUT2D eigenvalue weighted by Crippen LogP contribution is -2.44. The van der Waals surface area contributed by atoms with Gasteiger partial charge in [0.15, 0.2) is 0 Å². The van der Waals surface area contributed by atoms with Gasteiger partial charge in [0, 0.05) is 37.3 Å². The van der Waals surface area contributed by atoms with Crippen LogP contribution in [0, 0.1) is 5.41 Å². The molecular weight excluding hydrogens is 452 g/mol. The first-order valence-corrected chi connectivity index (χ1v) is 12.4. The van der Waals surface area contributed by atoms with E-state index >= 15 is 0 Å². The van der Waals surface area contributed by atoms with Crippen LogP contribution in [0.5, 0.6) is 11.5 Å². The molecule has 2 aliphatic rings. The number of methoxy groups -OCH3 is 2. The Morgan fingerprint density at radius 1 is 1.00 bits per heavy atom. The number of piperidine rings is 1. The van der Waals surface area contributed by atoms with Crippen LogP contribution in [0.25, 0.3) is 0 Å². The number of amides is 1. The number of benzene rings is 2. The van der Waals surface area contributed by atoms with Crippen LogP contribution in [0.3, 0.4) is 0 Å². The molecule has 1 spiro atoms. The summed E-state index contributed by atoms with van der Waals surface area (Å²) < 4.78 is 38.2. The van der Waals surface area contributed by atoms with E-state index in [2.05, 4.69) is 0 Å². The Bertz CT molecular complexity index is 1110. The van der Waals surface area contributed by atoms with E-state index in [0.29, 0.717) is 61.1 Å². The van der Waals surface area contributed by atoms with Crippen LogP contribution in [-0.2, 0) is 10.0 Å². The summed E-state index contributed by atoms with van der Waals surface area (Å²) in [6.07, 6.45) is 2.29. The summed E-state index contributed by atoms with van der Waals surface area (Å²) >= 11 is 6.10. The van der Waals surface area contributed by atoms with Gasteiger partial charge in [-0.15, -0.1) is 0 Å². The van der Waals surface area contributed by atoms with Crippen molar-refractivity contribution in [3.63, 3.8) is 0 Å². The quantitative estimate of drug-likeness (QED) is 0.655. The minimum atomic E-state index is -3.59. The standard InChI is InChI=1S/C23H27ClN2O5S/c1-30-18-4-3-5-19(15-18)32(28,29)26-12-9-23(10-13-26)8-11-25(16-23)22(27)20-14-17(24)6-7-21(20)31-2/h3-7,14-15H,8-13,16H2,1-2H3. The van der Waals surface area contributed by atoms with Crippen molar-refractivity contribution in [3.05, 3.63) is 53.1 Å². The van der Waals surface area contributed by atoms with E-state index < -0.39 is 10.0 Å². The van der Waals surface area contributed by atoms with Crippen molar-refractivity contribution in [2.45, 2.75) is 24.2 Å². The van der Waals surface area contributed by atoms with Gasteiger partial charge in [-0.2, -0.15) is 4.31 Å². The summed E-state index contributed by atoms with van der Waals surface area (Å²) in [5.41, 5.74) is 0.386. The number of carbonyl (C=O) groups is 1. The minimum absolute atomic E-state index is 0.0676. The van der Waals surface area contributed by atoms with Crippen LogP contribution in [0.15, 0.2) is 47.4 Å². The molecule has 172 valence electrons. The number of rotatable bonds is 5. The molecule has 0 radical (unpaired) electrons. The Kier molecular flexibility index (Phi) is 6.38. The molecule has 0 saturated carbocycles. The highest BCUT2D eigenvalue weighted by molar-refractivity contribution is 7.89. The Morgan fingerprint density at radius 3 is 2.41 bits per heavy atom. The zero-order valence-corrected chi connectivity index (χ0v) is 19.8. The molecule has 32 heavy (non-hydrogen) atoms. The number of hydrogen-bond donors (Lipinski definition) is 0. The van der Waals surface area contributed by atoms with Crippen molar-refractivity contribution in [2.75, 3.05) is 40.4 Å². The van der Waals surface area contributed by atoms with Crippen molar-refractivity contribution >= 4 is 27.5 Å². The van der Waals surface area contributed by atoms with Gasteiger partial charge in [0.1, 0.15) is 11.5 Å². The first-order valence-electron chi connectivity index (χ1n) is 10.6. The molecule has 2 aromatic carbocycles. The van der Waals surface area contributed by atoms with Gasteiger partial charge in [-0.3, -0.25) is 4.79 Å². The first-order chi connectivity index (χ1) is 15.3. The Balaban J connectivity index is 1.44. The number of ether oxygens (including phenoxy) is 2. The van der Waals surface area contributed by atoms with Crippen molar-refractivity contribution in [2.24, 2.45) is 5.41 Å². The second kappa shape index (κ2) is 8.92. The van der Waals surface area contributed by atoms with E-state index in [1.807, 2.05) is 4.90 Å². The average Bonchev–Trinajstić information content (AvgIpc) is 3.22. The van der Waals surface area contributed by atoms with Crippen LogP contribution >= 0.6 is 11.6 Å². The van der Waals surface area contributed by atoms with E-state index in [1.54, 1.807) is 42.5 Å². The minimum Gasteiger partial charge on any atom is -0.497 e. The molecule has 2 saturated heterocycles. The number of sulfonamides is 1. The van der Waals surface area contributed by atoms with E-state index in [1.165, 1.54) is 18.5 Å². The number of carbonyl (C=O) groups excluding carboxylic acids is 1. The molecule has 0 atom stereocenters. The second-order valence-electron chi connectivity index (χ2n) is 8.40. The zero-order valence-electron chi connectivity index (χ0n) is 18.2. The van der Waals surface area contributed by atoms with E-state index in [-0.39, 0.29) is 16.2 Å². The topological polar surface area (TPSA) is 76.2 Å². The molecule has 0 unspecified atom stereocenters. The molecule has 0 bridgehead atoms. The third-order valence-corrected chi connectivity index (χ3v) is 8.71. The van der Waals surface area contributed by atoms with Crippen LogP contribution < -0.4 is 9.47 Å². The highest BCUT2D eigenvalue weighted by atomic mass is 35.5. The molecule has 2 aromatic rings. The molecule has 4 rings (SSSR count). The monoisotopic (exact) mass is 478 g/mol. The predicted octanol–water partition coefficient (Wildman–Crippen LogP) is 3.67. The summed E-state index contributed by atoms with van der Waals surface area (Å²) in [5, 5.41) is 0.485. The third kappa shape index (κ3) is 4.31. The van der Waals surface area contributed by atoms with E-state index in [9.17, 15) is 13.2 Å². The number of hydrogen-bond acceptors (Lipinski definition) is 5. The van der Waals surface area contributed by atoms with Crippen molar-refractivity contribution in [3.8, 4) is 11.5 Å². The van der Waals surface area contributed by atoms with Crippen LogP contribution in [0.1, 0.15) is 29.6 Å². The molecule has 0 aromatic heterocycles. The second-order valence-corrected chi connectivity index (χ2v) is 10.8. The zero-order chi connectivity index (χ0) is 22.9. The van der Waals surface area contributed by atoms with Gasteiger partial charge in [0.2, 0.25) is 10.0 Å². The van der Waals surface area contributed by atoms with Crippen molar-refractivity contribution < 1.29 is 22.7 Å². The Labute approximate surface area is 193 Å². The van der Waals surface area contributed by atoms with E-state index in [4.69, 9.17) is 21.1 Å². The van der Waals surface area contributed by atoms with Gasteiger partial charge in [0.25, 0.3) is 5.91 Å². The predicted molar refractivity (Wildman–Crippen MR) is 122 cm³/mol. The van der Waals surface area contributed by atoms with Gasteiger partial charge < -0.3 is 14.4 Å². The molecule has 0 N–H and O–H groups in total. The SMILES string of the molecule is COc1cccc(S(=O)(=O)N2CCC3(CCN(C(=O)c4cc(Cl)ccc4OC)C3)CC2)c1. The van der Waals surface area contributed by atoms with Crippen LogP contribution in [0.2, 0.25) is 5.02 Å². The molecule has 2 fully saturated rings. The fourth-order valence-corrected chi connectivity index (χ4v) is 6.30. The van der Waals surface area contributed by atoms with Crippen molar-refractivity contribution in [1.29, 1.82) is 0 Å². The van der Waals surface area contributed by atoms with Crippen molar-refractivity contribution in [1.82, 2.24) is 9.21 Å². The molecule has 2 heterocycles. The number of likely N-dealkylation sites (tertiary alicyclic amines) is 1. The van der Waals surface area contributed by atoms with Gasteiger partial charge in [0.05, 0.1) is 24.7 Å². The lowest BCUT2D eigenvalue weighted by molar-refractivity contribution is 0.0747. The molecule has 0 aliphatic carbocycles. The fourth-order valence-electron chi connectivity index (χ4n) is 4.65. The van der Waals surface area contributed by atoms with Gasteiger partial charge in [-0.05, 0) is 55.0 Å². The lowest BCUT2D eigenvalue weighted by Gasteiger charge is -2.38. The molecule has 1 amide bonds. The van der Waals surface area contributed by atoms with Crippen LogP contribution in [-0.4, -0.2) is 63.9 Å². The largest absolute Gasteiger partial charge is 0.497 e. The Morgan fingerprint density at radius 2 is 1.72 bits per heavy atom. The fraction of sp³-hybridized carbons (Fsp3) is 0.435. The molecule has 2 aliphatic heterocycles. The third-order valence-electron chi connectivity index (χ3n) is 6.58. The lowest BCUT2D eigenvalue weighted by atomic mass is 9.78. The summed E-state index contributed by atoms with van der Waals surface area (Å²) in [7, 11) is -0.538. The molecular formula is C23H27ClN2O5S. The number of halogens is 1. The highest BCUT2D eigenvalue weighted by Crippen LogP contribution is 2.42. The van der Waals surface area contributed by atoms with Crippen LogP contribution in [0.4, 0.5) is 0 Å². The van der Waals surface area contributed by atoms with Gasteiger partial charge >= 0.3 is 0 Å². The first kappa shape index (κ1) is 22.9. The summed E-state index contributed by atoms with van der Waals surface area (Å²) in [5.74, 6) is 0.910. The van der Waals surface area contributed by atoms with Gasteiger partial charge in [-0.1, -0.05) is 17.7 Å². The highest BCUT2D eigenvalue weighted by Gasteiger charge is 2.44. The summed E-state index contributed by atoms with van der Waals surface area (Å²) in [6, 6.07) is 11.6.